The van der Waals surface area contributed by atoms with Crippen LogP contribution in [0, 0.1) is 5.92 Å². The number of aryl methyl sites for hydroxylation is 1. The maximum absolute atomic E-state index is 6.73. The first-order valence-electron chi connectivity index (χ1n) is 7.54. The second-order valence-corrected chi connectivity index (χ2v) is 6.07. The van der Waals surface area contributed by atoms with Gasteiger partial charge in [0.05, 0.1) is 5.38 Å². The fraction of sp³-hybridized carbons (Fsp3) is 0.647. The molecule has 18 heavy (non-hydrogen) atoms. The monoisotopic (exact) mass is 264 g/mol. The molecular formula is C17H25Cl. The van der Waals surface area contributed by atoms with Gasteiger partial charge in [-0.1, -0.05) is 56.9 Å². The van der Waals surface area contributed by atoms with E-state index in [2.05, 4.69) is 31.2 Å². The minimum atomic E-state index is 0.241. The molecule has 0 N–H and O–H groups in total. The van der Waals surface area contributed by atoms with Gasteiger partial charge in [-0.05, 0) is 42.7 Å². The van der Waals surface area contributed by atoms with Crippen molar-refractivity contribution in [1.82, 2.24) is 0 Å². The minimum Gasteiger partial charge on any atom is -0.118 e. The molecule has 1 aromatic carbocycles. The van der Waals surface area contributed by atoms with E-state index in [4.69, 9.17) is 11.6 Å². The summed E-state index contributed by atoms with van der Waals surface area (Å²) >= 11 is 6.73. The van der Waals surface area contributed by atoms with Crippen molar-refractivity contribution < 1.29 is 0 Å². The predicted molar refractivity (Wildman–Crippen MR) is 80.2 cm³/mol. The first kappa shape index (κ1) is 13.9. The minimum absolute atomic E-state index is 0.241. The molecule has 0 amide bonds. The topological polar surface area (TPSA) is 0 Å². The van der Waals surface area contributed by atoms with Crippen molar-refractivity contribution in [2.24, 2.45) is 5.92 Å². The molecule has 0 aliphatic heterocycles. The fourth-order valence-electron chi connectivity index (χ4n) is 3.11. The predicted octanol–water partition coefficient (Wildman–Crippen LogP) is 5.89. The van der Waals surface area contributed by atoms with Gasteiger partial charge in [0.15, 0.2) is 0 Å². The lowest BCUT2D eigenvalue weighted by Gasteiger charge is -2.21. The number of rotatable bonds is 5. The van der Waals surface area contributed by atoms with Gasteiger partial charge in [-0.15, -0.1) is 11.6 Å². The van der Waals surface area contributed by atoms with E-state index >= 15 is 0 Å². The summed E-state index contributed by atoms with van der Waals surface area (Å²) in [6.07, 6.45) is 10.5. The number of unbranched alkanes of at least 4 members (excludes halogenated alkanes) is 3. The van der Waals surface area contributed by atoms with Crippen LogP contribution in [0.5, 0.6) is 0 Å². The van der Waals surface area contributed by atoms with Crippen molar-refractivity contribution >= 4 is 11.6 Å². The van der Waals surface area contributed by atoms with Gasteiger partial charge < -0.3 is 0 Å². The van der Waals surface area contributed by atoms with Crippen molar-refractivity contribution in [2.75, 3.05) is 0 Å². The zero-order valence-electron chi connectivity index (χ0n) is 11.5. The molecule has 1 aromatic rings. The molecule has 2 unspecified atom stereocenters. The molecule has 2 atom stereocenters. The second-order valence-electron chi connectivity index (χ2n) is 5.60. The van der Waals surface area contributed by atoms with E-state index in [-0.39, 0.29) is 5.38 Å². The van der Waals surface area contributed by atoms with Crippen LogP contribution in [-0.4, -0.2) is 0 Å². The van der Waals surface area contributed by atoms with E-state index in [0.717, 1.165) is 0 Å². The highest BCUT2D eigenvalue weighted by Crippen LogP contribution is 2.40. The van der Waals surface area contributed by atoms with Crippen molar-refractivity contribution in [1.29, 1.82) is 0 Å². The highest BCUT2D eigenvalue weighted by atomic mass is 35.5. The van der Waals surface area contributed by atoms with Crippen LogP contribution in [-0.2, 0) is 6.42 Å². The molecule has 100 valence electrons. The summed E-state index contributed by atoms with van der Waals surface area (Å²) in [7, 11) is 0. The third-order valence-electron chi connectivity index (χ3n) is 4.22. The zero-order valence-corrected chi connectivity index (χ0v) is 12.3. The zero-order chi connectivity index (χ0) is 12.8. The summed E-state index contributed by atoms with van der Waals surface area (Å²) in [4.78, 5) is 0. The molecule has 1 aliphatic carbocycles. The van der Waals surface area contributed by atoms with E-state index in [1.165, 1.54) is 62.5 Å². The van der Waals surface area contributed by atoms with E-state index in [9.17, 15) is 0 Å². The van der Waals surface area contributed by atoms with E-state index in [0.29, 0.717) is 5.92 Å². The van der Waals surface area contributed by atoms with Crippen LogP contribution in [0.15, 0.2) is 24.3 Å². The van der Waals surface area contributed by atoms with Gasteiger partial charge in [0, 0.05) is 0 Å². The quantitative estimate of drug-likeness (QED) is 0.353. The normalized spacial score (nSPS) is 23.4. The Labute approximate surface area is 117 Å². The summed E-state index contributed by atoms with van der Waals surface area (Å²) < 4.78 is 0. The Morgan fingerprint density at radius 2 is 2.00 bits per heavy atom. The largest absolute Gasteiger partial charge is 0.118 e. The average Bonchev–Trinajstić information content (AvgIpc) is 2.56. The molecule has 0 fully saturated rings. The van der Waals surface area contributed by atoms with Gasteiger partial charge in [-0.25, -0.2) is 0 Å². The van der Waals surface area contributed by atoms with Crippen LogP contribution < -0.4 is 0 Å². The maximum atomic E-state index is 6.73. The van der Waals surface area contributed by atoms with Gasteiger partial charge in [-0.2, -0.15) is 0 Å². The Morgan fingerprint density at radius 3 is 2.83 bits per heavy atom. The van der Waals surface area contributed by atoms with E-state index in [1.807, 2.05) is 0 Å². The number of hydrogen-bond donors (Lipinski definition) is 0. The lowest BCUT2D eigenvalue weighted by atomic mass is 9.91. The number of benzene rings is 1. The molecule has 0 saturated heterocycles. The lowest BCUT2D eigenvalue weighted by molar-refractivity contribution is 0.412. The Morgan fingerprint density at radius 1 is 1.17 bits per heavy atom. The number of alkyl halides is 1. The van der Waals surface area contributed by atoms with Crippen molar-refractivity contribution in [3.05, 3.63) is 35.4 Å². The molecule has 0 saturated carbocycles. The number of fused-ring (bicyclic) bond motifs is 1. The van der Waals surface area contributed by atoms with Gasteiger partial charge in [0.1, 0.15) is 0 Å². The highest BCUT2D eigenvalue weighted by molar-refractivity contribution is 6.21. The summed E-state index contributed by atoms with van der Waals surface area (Å²) in [6, 6.07) is 8.76. The molecule has 0 spiro atoms. The lowest BCUT2D eigenvalue weighted by Crippen LogP contribution is -2.07. The summed E-state index contributed by atoms with van der Waals surface area (Å²) in [5, 5.41) is 0.241. The smallest absolute Gasteiger partial charge is 0.0616 e. The van der Waals surface area contributed by atoms with E-state index in [1.54, 1.807) is 0 Å². The number of halogens is 1. The standard InChI is InChI=1S/C17H25Cl/c1-2-3-4-5-10-15-12-8-11-14-9-6-7-13-16(14)17(15)18/h6-7,9,13,15,17H,2-5,8,10-12H2,1H3. The Hall–Kier alpha value is -0.490. The summed E-state index contributed by atoms with van der Waals surface area (Å²) in [5.41, 5.74) is 2.88. The van der Waals surface area contributed by atoms with Gasteiger partial charge >= 0.3 is 0 Å². The van der Waals surface area contributed by atoms with Crippen molar-refractivity contribution in [3.63, 3.8) is 0 Å². The van der Waals surface area contributed by atoms with Crippen LogP contribution >= 0.6 is 11.6 Å². The first-order valence-corrected chi connectivity index (χ1v) is 7.98. The molecule has 0 bridgehead atoms. The molecule has 0 radical (unpaired) electrons. The summed E-state index contributed by atoms with van der Waals surface area (Å²) in [5.74, 6) is 0.687. The van der Waals surface area contributed by atoms with Crippen LogP contribution in [0.1, 0.15) is 68.4 Å². The Balaban J connectivity index is 1.97. The molecule has 0 nitrogen and oxygen atoms in total. The van der Waals surface area contributed by atoms with Crippen LogP contribution in [0.2, 0.25) is 0 Å². The molecular weight excluding hydrogens is 240 g/mol. The fourth-order valence-corrected chi connectivity index (χ4v) is 3.57. The molecule has 0 heterocycles. The van der Waals surface area contributed by atoms with Crippen molar-refractivity contribution in [2.45, 2.75) is 63.7 Å². The molecule has 1 heteroatoms. The van der Waals surface area contributed by atoms with E-state index < -0.39 is 0 Å². The average molecular weight is 265 g/mol. The second kappa shape index (κ2) is 7.19. The van der Waals surface area contributed by atoms with Gasteiger partial charge in [-0.3, -0.25) is 0 Å². The molecule has 0 aromatic heterocycles. The maximum Gasteiger partial charge on any atom is 0.0616 e. The highest BCUT2D eigenvalue weighted by Gasteiger charge is 2.25. The SMILES string of the molecule is CCCCCCC1CCCc2ccccc2C1Cl. The third-order valence-corrected chi connectivity index (χ3v) is 4.81. The summed E-state index contributed by atoms with van der Waals surface area (Å²) in [6.45, 7) is 2.27. The number of hydrogen-bond acceptors (Lipinski definition) is 0. The Kier molecular flexibility index (Phi) is 5.56. The first-order chi connectivity index (χ1) is 8.83. The van der Waals surface area contributed by atoms with Crippen molar-refractivity contribution in [3.8, 4) is 0 Å². The van der Waals surface area contributed by atoms with Crippen LogP contribution in [0.25, 0.3) is 0 Å². The van der Waals surface area contributed by atoms with Gasteiger partial charge in [0.25, 0.3) is 0 Å². The third kappa shape index (κ3) is 3.51. The van der Waals surface area contributed by atoms with Crippen LogP contribution in [0.3, 0.4) is 0 Å². The molecule has 1 aliphatic rings. The Bertz CT molecular complexity index is 358. The van der Waals surface area contributed by atoms with Gasteiger partial charge in [0.2, 0.25) is 0 Å². The van der Waals surface area contributed by atoms with Crippen LogP contribution in [0.4, 0.5) is 0 Å². The molecule has 2 rings (SSSR count).